The summed E-state index contributed by atoms with van der Waals surface area (Å²) < 4.78 is 5.93. The van der Waals surface area contributed by atoms with E-state index in [1.807, 2.05) is 13.8 Å². The Labute approximate surface area is 94.2 Å². The maximum Gasteiger partial charge on any atom is 0.0933 e. The third-order valence-electron chi connectivity index (χ3n) is 3.20. The van der Waals surface area contributed by atoms with Crippen molar-refractivity contribution < 1.29 is 4.74 Å². The zero-order valence-electron chi connectivity index (χ0n) is 10.5. The lowest BCUT2D eigenvalue weighted by Crippen LogP contribution is -2.58. The first-order chi connectivity index (χ1) is 7.35. The summed E-state index contributed by atoms with van der Waals surface area (Å²) >= 11 is 0. The summed E-state index contributed by atoms with van der Waals surface area (Å²) in [4.78, 5) is 2.50. The van der Waals surface area contributed by atoms with Crippen LogP contribution in [0.1, 0.15) is 33.6 Å². The fraction of sp³-hybridized carbons (Fsp3) is 1.00. The van der Waals surface area contributed by atoms with E-state index in [-0.39, 0.29) is 5.60 Å². The molecule has 0 saturated carbocycles. The summed E-state index contributed by atoms with van der Waals surface area (Å²) in [5, 5.41) is 3.44. The van der Waals surface area contributed by atoms with E-state index in [0.29, 0.717) is 0 Å². The van der Waals surface area contributed by atoms with Crippen LogP contribution in [0.5, 0.6) is 0 Å². The second-order valence-electron chi connectivity index (χ2n) is 4.18. The molecule has 2 rings (SSSR count). The van der Waals surface area contributed by atoms with E-state index in [4.69, 9.17) is 4.74 Å². The second-order valence-corrected chi connectivity index (χ2v) is 4.18. The van der Waals surface area contributed by atoms with Crippen LogP contribution < -0.4 is 5.32 Å². The summed E-state index contributed by atoms with van der Waals surface area (Å²) in [6.07, 6.45) is 2.52. The third kappa shape index (κ3) is 3.44. The molecule has 2 fully saturated rings. The fourth-order valence-electron chi connectivity index (χ4n) is 2.43. The number of likely N-dealkylation sites (N-methyl/N-ethyl adjacent to an activating group) is 1. The number of nitrogens with zero attached hydrogens (tertiary/aromatic N) is 1. The molecule has 0 bridgehead atoms. The van der Waals surface area contributed by atoms with Crippen LogP contribution in [0.15, 0.2) is 0 Å². The van der Waals surface area contributed by atoms with Crippen LogP contribution in [0.3, 0.4) is 0 Å². The zero-order valence-corrected chi connectivity index (χ0v) is 10.5. The Kier molecular flexibility index (Phi) is 5.58. The molecule has 0 aromatic rings. The summed E-state index contributed by atoms with van der Waals surface area (Å²) in [6.45, 7) is 12.7. The number of morpholine rings is 1. The van der Waals surface area contributed by atoms with E-state index in [9.17, 15) is 0 Å². The average Bonchev–Trinajstić information content (AvgIpc) is 2.33. The van der Waals surface area contributed by atoms with Crippen LogP contribution >= 0.6 is 0 Å². The highest BCUT2D eigenvalue weighted by Gasteiger charge is 2.37. The highest BCUT2D eigenvalue weighted by molar-refractivity contribution is 4.92. The van der Waals surface area contributed by atoms with Crippen molar-refractivity contribution in [3.8, 4) is 0 Å². The average molecular weight is 214 g/mol. The van der Waals surface area contributed by atoms with E-state index in [1.54, 1.807) is 0 Å². The molecule has 15 heavy (non-hydrogen) atoms. The van der Waals surface area contributed by atoms with Crippen LogP contribution in [0.2, 0.25) is 0 Å². The van der Waals surface area contributed by atoms with Gasteiger partial charge in [-0.25, -0.2) is 0 Å². The molecule has 0 aromatic carbocycles. The Bertz CT molecular complexity index is 161. The molecule has 2 heterocycles. The summed E-state index contributed by atoms with van der Waals surface area (Å²) in [7, 11) is 0. The maximum atomic E-state index is 5.93. The summed E-state index contributed by atoms with van der Waals surface area (Å²) in [5.74, 6) is 0. The molecular formula is C12H26N2O. The van der Waals surface area contributed by atoms with Gasteiger partial charge in [0.15, 0.2) is 0 Å². The topological polar surface area (TPSA) is 24.5 Å². The normalized spacial score (nSPS) is 32.2. The van der Waals surface area contributed by atoms with Crippen LogP contribution in [-0.4, -0.2) is 49.8 Å². The SMILES string of the molecule is CC.CCN1CCCC2(CNCCO2)C1. The van der Waals surface area contributed by atoms with Gasteiger partial charge >= 0.3 is 0 Å². The molecule has 0 radical (unpaired) electrons. The highest BCUT2D eigenvalue weighted by Crippen LogP contribution is 2.25. The van der Waals surface area contributed by atoms with Gasteiger partial charge in [-0.3, -0.25) is 0 Å². The monoisotopic (exact) mass is 214 g/mol. The predicted molar refractivity (Wildman–Crippen MR) is 64.2 cm³/mol. The van der Waals surface area contributed by atoms with Crippen molar-refractivity contribution >= 4 is 0 Å². The van der Waals surface area contributed by atoms with Crippen LogP contribution in [0, 0.1) is 0 Å². The van der Waals surface area contributed by atoms with Crippen molar-refractivity contribution in [1.29, 1.82) is 0 Å². The summed E-state index contributed by atoms with van der Waals surface area (Å²) in [6, 6.07) is 0. The quantitative estimate of drug-likeness (QED) is 0.715. The van der Waals surface area contributed by atoms with Crippen molar-refractivity contribution in [2.75, 3.05) is 39.3 Å². The predicted octanol–water partition coefficient (Wildman–Crippen LogP) is 1.49. The standard InChI is InChI=1S/C10H20N2O.C2H6/c1-2-12-6-3-4-10(9-12)8-11-5-7-13-10;1-2/h11H,2-9H2,1H3;1-2H3. The Balaban J connectivity index is 0.000000531. The van der Waals surface area contributed by atoms with Crippen LogP contribution in [0.25, 0.3) is 0 Å². The summed E-state index contributed by atoms with van der Waals surface area (Å²) in [5.41, 5.74) is 0.145. The Morgan fingerprint density at radius 3 is 2.80 bits per heavy atom. The minimum atomic E-state index is 0.145. The number of nitrogens with one attached hydrogen (secondary N) is 1. The molecule has 1 unspecified atom stereocenters. The van der Waals surface area contributed by atoms with E-state index in [0.717, 1.165) is 32.8 Å². The minimum Gasteiger partial charge on any atom is -0.371 e. The Hall–Kier alpha value is -0.120. The zero-order chi connectivity index (χ0) is 11.1. The van der Waals surface area contributed by atoms with Crippen molar-refractivity contribution in [3.05, 3.63) is 0 Å². The number of ether oxygens (including phenoxy) is 1. The van der Waals surface area contributed by atoms with Gasteiger partial charge in [0.05, 0.1) is 12.2 Å². The Morgan fingerprint density at radius 1 is 1.40 bits per heavy atom. The van der Waals surface area contributed by atoms with Gasteiger partial charge in [0, 0.05) is 19.6 Å². The first-order valence-corrected chi connectivity index (χ1v) is 6.42. The lowest BCUT2D eigenvalue weighted by Gasteiger charge is -2.44. The van der Waals surface area contributed by atoms with E-state index in [2.05, 4.69) is 17.1 Å². The molecule has 2 aliphatic heterocycles. The van der Waals surface area contributed by atoms with E-state index >= 15 is 0 Å². The number of likely N-dealkylation sites (tertiary alicyclic amines) is 1. The van der Waals surface area contributed by atoms with Gasteiger partial charge in [-0.05, 0) is 25.9 Å². The van der Waals surface area contributed by atoms with Crippen LogP contribution in [0.4, 0.5) is 0 Å². The van der Waals surface area contributed by atoms with Gasteiger partial charge in [0.2, 0.25) is 0 Å². The number of hydrogen-bond donors (Lipinski definition) is 1. The molecule has 1 spiro atoms. The van der Waals surface area contributed by atoms with Gasteiger partial charge in [-0.2, -0.15) is 0 Å². The fourth-order valence-corrected chi connectivity index (χ4v) is 2.43. The highest BCUT2D eigenvalue weighted by atomic mass is 16.5. The molecule has 0 aliphatic carbocycles. The molecule has 0 amide bonds. The van der Waals surface area contributed by atoms with Crippen molar-refractivity contribution in [1.82, 2.24) is 10.2 Å². The Morgan fingerprint density at radius 2 is 2.20 bits per heavy atom. The van der Waals surface area contributed by atoms with Gasteiger partial charge in [0.25, 0.3) is 0 Å². The first-order valence-electron chi connectivity index (χ1n) is 6.42. The van der Waals surface area contributed by atoms with Gasteiger partial charge in [0.1, 0.15) is 0 Å². The van der Waals surface area contributed by atoms with Gasteiger partial charge in [-0.15, -0.1) is 0 Å². The molecule has 2 aliphatic rings. The number of rotatable bonds is 1. The second kappa shape index (κ2) is 6.46. The number of hydrogen-bond acceptors (Lipinski definition) is 3. The van der Waals surface area contributed by atoms with Gasteiger partial charge in [-0.1, -0.05) is 20.8 Å². The molecule has 90 valence electrons. The molecule has 0 aromatic heterocycles. The van der Waals surface area contributed by atoms with Crippen molar-refractivity contribution in [3.63, 3.8) is 0 Å². The lowest BCUT2D eigenvalue weighted by molar-refractivity contribution is -0.104. The third-order valence-corrected chi connectivity index (χ3v) is 3.20. The smallest absolute Gasteiger partial charge is 0.0933 e. The molecule has 1 atom stereocenters. The minimum absolute atomic E-state index is 0.145. The lowest BCUT2D eigenvalue weighted by atomic mass is 9.91. The molecule has 3 nitrogen and oxygen atoms in total. The molecular weight excluding hydrogens is 188 g/mol. The first kappa shape index (κ1) is 12.9. The largest absolute Gasteiger partial charge is 0.371 e. The van der Waals surface area contributed by atoms with E-state index in [1.165, 1.54) is 19.4 Å². The van der Waals surface area contributed by atoms with Crippen LogP contribution in [-0.2, 0) is 4.74 Å². The van der Waals surface area contributed by atoms with E-state index < -0.39 is 0 Å². The van der Waals surface area contributed by atoms with Crippen molar-refractivity contribution in [2.45, 2.75) is 39.2 Å². The maximum absolute atomic E-state index is 5.93. The molecule has 2 saturated heterocycles. The number of piperidine rings is 1. The van der Waals surface area contributed by atoms with Crippen molar-refractivity contribution in [2.24, 2.45) is 0 Å². The molecule has 1 N–H and O–H groups in total. The molecule has 3 heteroatoms. The van der Waals surface area contributed by atoms with Gasteiger partial charge < -0.3 is 15.0 Å².